The summed E-state index contributed by atoms with van der Waals surface area (Å²) in [5.74, 6) is -0.764. The maximum atomic E-state index is 13.0. The summed E-state index contributed by atoms with van der Waals surface area (Å²) < 4.78 is 11.2. The minimum atomic E-state index is -1.06. The van der Waals surface area contributed by atoms with E-state index in [0.29, 0.717) is 40.7 Å². The molecule has 7 nitrogen and oxygen atoms in total. The highest BCUT2D eigenvalue weighted by atomic mass is 32.2. The number of carbonyl (C=O) groups excluding carboxylic acids is 2. The third-order valence-electron chi connectivity index (χ3n) is 5.09. The van der Waals surface area contributed by atoms with Crippen LogP contribution in [-0.2, 0) is 9.59 Å². The van der Waals surface area contributed by atoms with E-state index in [-0.39, 0.29) is 11.1 Å². The third kappa shape index (κ3) is 4.80. The molecule has 1 unspecified atom stereocenters. The number of carboxylic acid groups (broad SMARTS) is 1. The summed E-state index contributed by atoms with van der Waals surface area (Å²) in [5.41, 5.74) is 3.08. The van der Waals surface area contributed by atoms with Crippen molar-refractivity contribution in [3.05, 3.63) is 58.0 Å². The first-order valence-electron chi connectivity index (χ1n) is 10.3. The minimum absolute atomic E-state index is 0.295. The Kier molecular flexibility index (Phi) is 7.25. The summed E-state index contributed by atoms with van der Waals surface area (Å²) in [4.78, 5) is 38.4. The normalized spacial score (nSPS) is 15.9. The number of ether oxygens (including phenoxy) is 2. The van der Waals surface area contributed by atoms with Gasteiger partial charge in [-0.25, -0.2) is 9.69 Å². The summed E-state index contributed by atoms with van der Waals surface area (Å²) >= 11 is 0.876. The van der Waals surface area contributed by atoms with Crippen molar-refractivity contribution in [1.29, 1.82) is 0 Å². The number of nitrogens with zero attached hydrogens (tertiary/aromatic N) is 1. The van der Waals surface area contributed by atoms with Crippen molar-refractivity contribution >= 4 is 40.6 Å². The number of amides is 2. The van der Waals surface area contributed by atoms with Crippen LogP contribution in [0.2, 0.25) is 0 Å². The Morgan fingerprint density at radius 2 is 1.91 bits per heavy atom. The fourth-order valence-corrected chi connectivity index (χ4v) is 4.08. The van der Waals surface area contributed by atoms with Gasteiger partial charge in [-0.15, -0.1) is 0 Å². The zero-order chi connectivity index (χ0) is 23.4. The lowest BCUT2D eigenvalue weighted by Crippen LogP contribution is -2.28. The SMILES string of the molecule is CCOc1cc(/C=C2/SC(=O)N(c3cccc(C)c3C)C2=O)ccc1OC(CC)C(=O)O. The summed E-state index contributed by atoms with van der Waals surface area (Å²) in [7, 11) is 0. The Morgan fingerprint density at radius 1 is 1.16 bits per heavy atom. The highest BCUT2D eigenvalue weighted by molar-refractivity contribution is 8.19. The Balaban J connectivity index is 1.91. The second-order valence-electron chi connectivity index (χ2n) is 7.23. The van der Waals surface area contributed by atoms with E-state index < -0.39 is 12.1 Å². The van der Waals surface area contributed by atoms with Gasteiger partial charge in [0, 0.05) is 0 Å². The van der Waals surface area contributed by atoms with Crippen molar-refractivity contribution < 1.29 is 29.0 Å². The molecular weight excluding hydrogens is 430 g/mol. The van der Waals surface area contributed by atoms with Crippen LogP contribution in [0.3, 0.4) is 0 Å². The molecule has 2 amide bonds. The van der Waals surface area contributed by atoms with Crippen molar-refractivity contribution in [2.75, 3.05) is 11.5 Å². The monoisotopic (exact) mass is 455 g/mol. The van der Waals surface area contributed by atoms with Crippen molar-refractivity contribution in [2.24, 2.45) is 0 Å². The van der Waals surface area contributed by atoms with Crippen LogP contribution in [0.1, 0.15) is 37.0 Å². The molecule has 1 heterocycles. The summed E-state index contributed by atoms with van der Waals surface area (Å²) in [5, 5.41) is 8.90. The van der Waals surface area contributed by atoms with E-state index >= 15 is 0 Å². The molecule has 1 aliphatic heterocycles. The van der Waals surface area contributed by atoms with Crippen LogP contribution >= 0.6 is 11.8 Å². The van der Waals surface area contributed by atoms with Gasteiger partial charge in [-0.2, -0.15) is 0 Å². The molecule has 0 spiro atoms. The largest absolute Gasteiger partial charge is 0.490 e. The van der Waals surface area contributed by atoms with E-state index in [4.69, 9.17) is 9.47 Å². The number of benzene rings is 2. The van der Waals surface area contributed by atoms with E-state index in [2.05, 4.69) is 0 Å². The Hall–Kier alpha value is -3.26. The Bertz CT molecular complexity index is 1090. The number of hydrogen-bond donors (Lipinski definition) is 1. The van der Waals surface area contributed by atoms with Gasteiger partial charge in [-0.3, -0.25) is 9.59 Å². The van der Waals surface area contributed by atoms with Crippen molar-refractivity contribution in [2.45, 2.75) is 40.2 Å². The number of aryl methyl sites for hydroxylation is 1. The number of hydrogen-bond acceptors (Lipinski definition) is 6. The first-order chi connectivity index (χ1) is 15.3. The van der Waals surface area contributed by atoms with Gasteiger partial charge in [0.15, 0.2) is 17.6 Å². The topological polar surface area (TPSA) is 93.1 Å². The predicted molar refractivity (Wildman–Crippen MR) is 124 cm³/mol. The smallest absolute Gasteiger partial charge is 0.344 e. The lowest BCUT2D eigenvalue weighted by molar-refractivity contribution is -0.145. The number of anilines is 1. The van der Waals surface area contributed by atoms with Crippen molar-refractivity contribution in [1.82, 2.24) is 0 Å². The zero-order valence-corrected chi connectivity index (χ0v) is 19.2. The number of aliphatic carboxylic acids is 1. The maximum Gasteiger partial charge on any atom is 0.344 e. The molecule has 1 aliphatic rings. The Labute approximate surface area is 191 Å². The molecule has 1 N–H and O–H groups in total. The van der Waals surface area contributed by atoms with Crippen LogP contribution in [0.25, 0.3) is 6.08 Å². The average molecular weight is 456 g/mol. The number of imide groups is 1. The van der Waals surface area contributed by atoms with Gasteiger partial charge < -0.3 is 14.6 Å². The number of rotatable bonds is 8. The second-order valence-corrected chi connectivity index (χ2v) is 8.22. The molecule has 2 aromatic carbocycles. The molecule has 8 heteroatoms. The highest BCUT2D eigenvalue weighted by Crippen LogP contribution is 2.38. The fourth-order valence-electron chi connectivity index (χ4n) is 3.25. The van der Waals surface area contributed by atoms with Crippen LogP contribution in [0.15, 0.2) is 41.3 Å². The predicted octanol–water partition coefficient (Wildman–Crippen LogP) is 5.19. The first-order valence-corrected chi connectivity index (χ1v) is 11.1. The molecule has 0 aliphatic carbocycles. The van der Waals surface area contributed by atoms with E-state index in [1.807, 2.05) is 26.0 Å². The molecule has 2 aromatic rings. The average Bonchev–Trinajstić information content (AvgIpc) is 3.02. The van der Waals surface area contributed by atoms with Gasteiger partial charge in [-0.1, -0.05) is 25.1 Å². The van der Waals surface area contributed by atoms with Gasteiger partial charge in [-0.05, 0) is 79.9 Å². The van der Waals surface area contributed by atoms with Gasteiger partial charge in [0.2, 0.25) is 0 Å². The molecule has 32 heavy (non-hydrogen) atoms. The standard InChI is InChI=1S/C24H25NO6S/c1-5-18(23(27)28)31-19-11-10-16(12-20(19)30-6-2)13-21-22(26)25(24(29)32-21)17-9-7-8-14(3)15(17)4/h7-13,18H,5-6H2,1-4H3,(H,27,28)/b21-13+. The highest BCUT2D eigenvalue weighted by Gasteiger charge is 2.37. The molecule has 1 saturated heterocycles. The lowest BCUT2D eigenvalue weighted by atomic mass is 10.1. The van der Waals surface area contributed by atoms with E-state index in [1.54, 1.807) is 44.2 Å². The molecule has 3 rings (SSSR count). The summed E-state index contributed by atoms with van der Waals surface area (Å²) in [6.07, 6.45) is 0.930. The first kappa shape index (κ1) is 23.4. The van der Waals surface area contributed by atoms with Crippen LogP contribution in [0.5, 0.6) is 11.5 Å². The van der Waals surface area contributed by atoms with Crippen molar-refractivity contribution in [3.8, 4) is 11.5 Å². The molecule has 0 aromatic heterocycles. The van der Waals surface area contributed by atoms with Crippen molar-refractivity contribution in [3.63, 3.8) is 0 Å². The van der Waals surface area contributed by atoms with Crippen LogP contribution in [0.4, 0.5) is 10.5 Å². The van der Waals surface area contributed by atoms with Gasteiger partial charge in [0.1, 0.15) is 0 Å². The fraction of sp³-hybridized carbons (Fsp3) is 0.292. The minimum Gasteiger partial charge on any atom is -0.490 e. The molecule has 1 fully saturated rings. The number of carbonyl (C=O) groups is 3. The Morgan fingerprint density at radius 3 is 2.56 bits per heavy atom. The maximum absolute atomic E-state index is 13.0. The summed E-state index contributed by atoms with van der Waals surface area (Å²) in [6, 6.07) is 10.5. The lowest BCUT2D eigenvalue weighted by Gasteiger charge is -2.17. The molecule has 0 bridgehead atoms. The molecule has 0 saturated carbocycles. The molecule has 1 atom stereocenters. The van der Waals surface area contributed by atoms with E-state index in [0.717, 1.165) is 22.9 Å². The number of carboxylic acids is 1. The quantitative estimate of drug-likeness (QED) is 0.548. The van der Waals surface area contributed by atoms with Gasteiger partial charge >= 0.3 is 5.97 Å². The molecule has 0 radical (unpaired) electrons. The third-order valence-corrected chi connectivity index (χ3v) is 5.96. The summed E-state index contributed by atoms with van der Waals surface area (Å²) in [6.45, 7) is 7.69. The van der Waals surface area contributed by atoms with Gasteiger partial charge in [0.25, 0.3) is 11.1 Å². The molecule has 168 valence electrons. The number of thioether (sulfide) groups is 1. The van der Waals surface area contributed by atoms with E-state index in [1.165, 1.54) is 4.90 Å². The second kappa shape index (κ2) is 9.91. The molecular formula is C24H25NO6S. The zero-order valence-electron chi connectivity index (χ0n) is 18.4. The van der Waals surface area contributed by atoms with E-state index in [9.17, 15) is 19.5 Å². The van der Waals surface area contributed by atoms with Crippen LogP contribution < -0.4 is 14.4 Å². The van der Waals surface area contributed by atoms with Crippen LogP contribution in [0, 0.1) is 13.8 Å². The van der Waals surface area contributed by atoms with Gasteiger partial charge in [0.05, 0.1) is 17.2 Å². The van der Waals surface area contributed by atoms with Crippen LogP contribution in [-0.4, -0.2) is 34.9 Å².